The number of hydrogen-bond donors (Lipinski definition) is 3. The summed E-state index contributed by atoms with van der Waals surface area (Å²) in [7, 11) is 1.65. The summed E-state index contributed by atoms with van der Waals surface area (Å²) in [5.74, 6) is -5.09. The van der Waals surface area contributed by atoms with E-state index in [1.165, 1.54) is 0 Å². The molecule has 0 aliphatic carbocycles. The Labute approximate surface area is 174 Å². The Morgan fingerprint density at radius 2 is 1.70 bits per heavy atom. The largest absolute Gasteiger partial charge is 0.350 e. The Balaban J connectivity index is 1.88. The third kappa shape index (κ3) is 6.06. The van der Waals surface area contributed by atoms with Crippen LogP contribution in [0, 0.1) is 17.5 Å². The summed E-state index contributed by atoms with van der Waals surface area (Å²) in [6.45, 7) is 4.05. The fourth-order valence-electron chi connectivity index (χ4n) is 3.05. The van der Waals surface area contributed by atoms with E-state index in [1.807, 2.05) is 37.3 Å². The first kappa shape index (κ1) is 23.4. The van der Waals surface area contributed by atoms with Gasteiger partial charge in [-0.3, -0.25) is 9.59 Å². The molecule has 30 heavy (non-hydrogen) atoms. The minimum absolute atomic E-state index is 0.150. The first-order valence-electron chi connectivity index (χ1n) is 9.82. The fraction of sp³-hybridized carbons (Fsp3) is 0.364. The second kappa shape index (κ2) is 10.8. The highest BCUT2D eigenvalue weighted by molar-refractivity contribution is 5.91. The van der Waals surface area contributed by atoms with E-state index in [2.05, 4.69) is 10.6 Å². The minimum atomic E-state index is -1.65. The molecule has 3 atom stereocenters. The zero-order valence-electron chi connectivity index (χ0n) is 17.3. The smallest absolute Gasteiger partial charge is 0.279 e. The van der Waals surface area contributed by atoms with Crippen molar-refractivity contribution in [2.45, 2.75) is 32.2 Å². The predicted octanol–water partition coefficient (Wildman–Crippen LogP) is 2.26. The number of anilines is 1. The van der Waals surface area contributed by atoms with E-state index < -0.39 is 35.1 Å². The highest BCUT2D eigenvalue weighted by atomic mass is 19.2. The summed E-state index contributed by atoms with van der Waals surface area (Å²) in [5.41, 5.74) is 0.694. The number of nitrogens with one attached hydrogen (secondary N) is 3. The number of halogens is 3. The topological polar surface area (TPSA) is 62.6 Å². The van der Waals surface area contributed by atoms with Crippen LogP contribution in [0.2, 0.25) is 0 Å². The average molecular weight is 422 g/mol. The number of carbonyl (C=O) groups excluding carboxylic acids is 2. The van der Waals surface area contributed by atoms with Crippen LogP contribution in [-0.4, -0.2) is 38.0 Å². The van der Waals surface area contributed by atoms with Gasteiger partial charge in [0.25, 0.3) is 11.8 Å². The van der Waals surface area contributed by atoms with Crippen LogP contribution in [0.4, 0.5) is 18.9 Å². The number of quaternary nitrogens is 1. The average Bonchev–Trinajstić information content (AvgIpc) is 2.74. The van der Waals surface area contributed by atoms with Gasteiger partial charge in [0.2, 0.25) is 0 Å². The molecule has 0 aliphatic heterocycles. The van der Waals surface area contributed by atoms with E-state index in [1.54, 1.807) is 14.0 Å². The highest BCUT2D eigenvalue weighted by Gasteiger charge is 2.25. The molecule has 0 bridgehead atoms. The zero-order valence-corrected chi connectivity index (χ0v) is 17.3. The van der Waals surface area contributed by atoms with Gasteiger partial charge in [-0.15, -0.1) is 0 Å². The second-order valence-corrected chi connectivity index (χ2v) is 7.28. The molecule has 0 saturated heterocycles. The van der Waals surface area contributed by atoms with Gasteiger partial charge in [0.05, 0.1) is 12.7 Å². The molecule has 0 aliphatic rings. The van der Waals surface area contributed by atoms with E-state index in [-0.39, 0.29) is 18.4 Å². The quantitative estimate of drug-likeness (QED) is 0.543. The molecule has 2 aromatic rings. The lowest BCUT2D eigenvalue weighted by Crippen LogP contribution is -3.15. The number of hydrogen-bond acceptors (Lipinski definition) is 2. The van der Waals surface area contributed by atoms with Crippen LogP contribution >= 0.6 is 0 Å². The summed E-state index contributed by atoms with van der Waals surface area (Å²) in [4.78, 5) is 25.2. The monoisotopic (exact) mass is 422 g/mol. The van der Waals surface area contributed by atoms with Crippen molar-refractivity contribution in [3.63, 3.8) is 0 Å². The van der Waals surface area contributed by atoms with Crippen molar-refractivity contribution in [1.82, 2.24) is 5.32 Å². The molecule has 5 nitrogen and oxygen atoms in total. The third-order valence-corrected chi connectivity index (χ3v) is 5.17. The summed E-state index contributed by atoms with van der Waals surface area (Å²) in [5, 5.41) is 5.13. The van der Waals surface area contributed by atoms with Crippen LogP contribution in [0.5, 0.6) is 0 Å². The Hall–Kier alpha value is -2.87. The number of likely N-dealkylation sites (N-methyl/N-ethyl adjacent to an activating group) is 1. The van der Waals surface area contributed by atoms with Gasteiger partial charge in [-0.05, 0) is 31.0 Å². The van der Waals surface area contributed by atoms with Gasteiger partial charge < -0.3 is 15.5 Å². The summed E-state index contributed by atoms with van der Waals surface area (Å²) in [6.07, 6.45) is 0.865. The molecule has 1 unspecified atom stereocenters. The normalized spacial score (nSPS) is 13.9. The van der Waals surface area contributed by atoms with Crippen LogP contribution in [0.1, 0.15) is 31.7 Å². The molecule has 2 rings (SSSR count). The molecule has 162 valence electrons. The maximum absolute atomic E-state index is 13.7. The maximum Gasteiger partial charge on any atom is 0.279 e. The van der Waals surface area contributed by atoms with E-state index in [0.717, 1.165) is 24.1 Å². The van der Waals surface area contributed by atoms with Crippen molar-refractivity contribution in [3.05, 3.63) is 65.5 Å². The molecule has 2 amide bonds. The lowest BCUT2D eigenvalue weighted by Gasteiger charge is -2.22. The molecular weight excluding hydrogens is 395 g/mol. The van der Waals surface area contributed by atoms with Crippen molar-refractivity contribution < 1.29 is 27.7 Å². The SMILES string of the molecule is CC[C@H](CNC(=O)[C@@H](C)[NH+](C)CC(=O)Nc1ccc(F)c(F)c1F)c1ccccc1. The molecule has 0 radical (unpaired) electrons. The van der Waals surface area contributed by atoms with Crippen LogP contribution in [0.25, 0.3) is 0 Å². The predicted molar refractivity (Wildman–Crippen MR) is 109 cm³/mol. The molecule has 0 saturated carbocycles. The van der Waals surface area contributed by atoms with Gasteiger partial charge in [0, 0.05) is 12.5 Å². The Morgan fingerprint density at radius 1 is 1.03 bits per heavy atom. The summed E-state index contributed by atoms with van der Waals surface area (Å²) < 4.78 is 40.0. The molecule has 3 N–H and O–H groups in total. The van der Waals surface area contributed by atoms with Crippen molar-refractivity contribution in [1.29, 1.82) is 0 Å². The highest BCUT2D eigenvalue weighted by Crippen LogP contribution is 2.19. The Kier molecular flexibility index (Phi) is 8.41. The van der Waals surface area contributed by atoms with Gasteiger partial charge >= 0.3 is 0 Å². The van der Waals surface area contributed by atoms with Crippen LogP contribution in [0.15, 0.2) is 42.5 Å². The van der Waals surface area contributed by atoms with E-state index >= 15 is 0 Å². The molecular formula is C22H27F3N3O2+. The van der Waals surface area contributed by atoms with Gasteiger partial charge in [-0.25, -0.2) is 13.2 Å². The van der Waals surface area contributed by atoms with E-state index in [9.17, 15) is 22.8 Å². The number of carbonyl (C=O) groups is 2. The fourth-order valence-corrected chi connectivity index (χ4v) is 3.05. The third-order valence-electron chi connectivity index (χ3n) is 5.17. The molecule has 0 aromatic heterocycles. The standard InChI is InChI=1S/C22H26F3N3O2/c1-4-15(16-8-6-5-7-9-16)12-26-22(30)14(2)28(3)13-19(29)27-18-11-10-17(23)20(24)21(18)25/h5-11,14-15H,4,12-13H2,1-3H3,(H,26,30)(H,27,29)/p+1/t14-,15-/m1/s1. The lowest BCUT2D eigenvalue weighted by atomic mass is 9.96. The molecule has 0 heterocycles. The number of amides is 2. The van der Waals surface area contributed by atoms with Crippen molar-refractivity contribution >= 4 is 17.5 Å². The van der Waals surface area contributed by atoms with E-state index in [0.29, 0.717) is 11.4 Å². The van der Waals surface area contributed by atoms with Crippen LogP contribution in [-0.2, 0) is 9.59 Å². The molecule has 2 aromatic carbocycles. The molecule has 0 spiro atoms. The van der Waals surface area contributed by atoms with Crippen molar-refractivity contribution in [2.75, 3.05) is 25.5 Å². The second-order valence-electron chi connectivity index (χ2n) is 7.28. The first-order chi connectivity index (χ1) is 14.2. The maximum atomic E-state index is 13.7. The lowest BCUT2D eigenvalue weighted by molar-refractivity contribution is -0.885. The first-order valence-corrected chi connectivity index (χ1v) is 9.82. The van der Waals surface area contributed by atoms with Crippen molar-refractivity contribution in [3.8, 4) is 0 Å². The Morgan fingerprint density at radius 3 is 2.33 bits per heavy atom. The summed E-state index contributed by atoms with van der Waals surface area (Å²) in [6, 6.07) is 11.0. The van der Waals surface area contributed by atoms with Crippen LogP contribution in [0.3, 0.4) is 0 Å². The number of benzene rings is 2. The van der Waals surface area contributed by atoms with Gasteiger partial charge in [-0.1, -0.05) is 37.3 Å². The van der Waals surface area contributed by atoms with Crippen molar-refractivity contribution in [2.24, 2.45) is 0 Å². The number of rotatable bonds is 9. The van der Waals surface area contributed by atoms with Gasteiger partial charge in [0.15, 0.2) is 30.0 Å². The summed E-state index contributed by atoms with van der Waals surface area (Å²) >= 11 is 0. The van der Waals surface area contributed by atoms with Crippen LogP contribution < -0.4 is 15.5 Å². The van der Waals surface area contributed by atoms with Gasteiger partial charge in [0.1, 0.15) is 0 Å². The van der Waals surface area contributed by atoms with E-state index in [4.69, 9.17) is 0 Å². The minimum Gasteiger partial charge on any atom is -0.350 e. The molecule has 8 heteroatoms. The zero-order chi connectivity index (χ0) is 22.3. The Bertz CT molecular complexity index is 877. The van der Waals surface area contributed by atoms with Gasteiger partial charge in [-0.2, -0.15) is 0 Å². The molecule has 0 fully saturated rings.